The van der Waals surface area contributed by atoms with Gasteiger partial charge in [-0.3, -0.25) is 14.1 Å². The Morgan fingerprint density at radius 1 is 0.567 bits per heavy atom. The SMILES string of the molecule is CCCCCCCCCC/C=C/CCCCCC(=O)OC[C@H](CO[C@H]1O[C@H](CS(=O)(=O)O)[C@@H](O)C(O)C1O)OC(=O)CCC/C=C/C/C=C/CCCCCCCCCCC. The molecule has 1 fully saturated rings. The van der Waals surface area contributed by atoms with Crippen LogP contribution in [0.1, 0.15) is 194 Å². The van der Waals surface area contributed by atoms with Crippen molar-refractivity contribution in [3.63, 3.8) is 0 Å². The van der Waals surface area contributed by atoms with Crippen molar-refractivity contribution < 1.29 is 56.8 Å². The Hall–Kier alpha value is -2.13. The molecule has 350 valence electrons. The Labute approximate surface area is 363 Å². The largest absolute Gasteiger partial charge is 0.462 e. The Morgan fingerprint density at radius 2 is 1.02 bits per heavy atom. The molecule has 1 heterocycles. The van der Waals surface area contributed by atoms with Gasteiger partial charge in [-0.15, -0.1) is 0 Å². The van der Waals surface area contributed by atoms with Gasteiger partial charge in [-0.25, -0.2) is 0 Å². The molecule has 60 heavy (non-hydrogen) atoms. The van der Waals surface area contributed by atoms with E-state index in [0.29, 0.717) is 19.3 Å². The van der Waals surface area contributed by atoms with Crippen LogP contribution >= 0.6 is 0 Å². The highest BCUT2D eigenvalue weighted by molar-refractivity contribution is 7.85. The highest BCUT2D eigenvalue weighted by Gasteiger charge is 2.46. The third-order valence-electron chi connectivity index (χ3n) is 10.7. The van der Waals surface area contributed by atoms with E-state index in [1.54, 1.807) is 0 Å². The van der Waals surface area contributed by atoms with Crippen LogP contribution in [0.15, 0.2) is 36.5 Å². The van der Waals surface area contributed by atoms with Crippen molar-refractivity contribution in [3.8, 4) is 0 Å². The molecular formula is C47H84O12S. The first-order valence-corrected chi connectivity index (χ1v) is 25.2. The summed E-state index contributed by atoms with van der Waals surface area (Å²) in [5.74, 6) is -2.06. The Kier molecular flexibility index (Phi) is 34.9. The highest BCUT2D eigenvalue weighted by Crippen LogP contribution is 2.24. The fourth-order valence-electron chi connectivity index (χ4n) is 7.00. The van der Waals surface area contributed by atoms with E-state index in [1.165, 1.54) is 109 Å². The highest BCUT2D eigenvalue weighted by atomic mass is 32.2. The van der Waals surface area contributed by atoms with Gasteiger partial charge >= 0.3 is 11.9 Å². The lowest BCUT2D eigenvalue weighted by Crippen LogP contribution is -2.60. The van der Waals surface area contributed by atoms with Crippen molar-refractivity contribution in [3.05, 3.63) is 36.5 Å². The number of esters is 2. The van der Waals surface area contributed by atoms with Crippen molar-refractivity contribution in [2.45, 2.75) is 230 Å². The Bertz CT molecular complexity index is 1250. The molecule has 2 unspecified atom stereocenters. The fourth-order valence-corrected chi connectivity index (χ4v) is 7.70. The monoisotopic (exact) mass is 873 g/mol. The van der Waals surface area contributed by atoms with Crippen molar-refractivity contribution in [2.24, 2.45) is 0 Å². The maximum Gasteiger partial charge on any atom is 0.306 e. The zero-order valence-corrected chi connectivity index (χ0v) is 38.1. The second-order valence-electron chi connectivity index (χ2n) is 16.4. The summed E-state index contributed by atoms with van der Waals surface area (Å²) in [6, 6.07) is 0. The summed E-state index contributed by atoms with van der Waals surface area (Å²) in [6.45, 7) is 3.72. The number of rotatable bonds is 39. The lowest BCUT2D eigenvalue weighted by Gasteiger charge is -2.40. The second-order valence-corrected chi connectivity index (χ2v) is 17.9. The molecule has 0 spiro atoms. The zero-order chi connectivity index (χ0) is 44.1. The molecule has 6 atom stereocenters. The van der Waals surface area contributed by atoms with Crippen molar-refractivity contribution in [1.29, 1.82) is 0 Å². The normalized spacial score (nSPS) is 20.4. The van der Waals surface area contributed by atoms with Crippen molar-refractivity contribution >= 4 is 22.1 Å². The van der Waals surface area contributed by atoms with Gasteiger partial charge in [-0.2, -0.15) is 8.42 Å². The minimum atomic E-state index is -4.61. The average Bonchev–Trinajstić information content (AvgIpc) is 3.21. The van der Waals surface area contributed by atoms with E-state index >= 15 is 0 Å². The third-order valence-corrected chi connectivity index (χ3v) is 11.4. The van der Waals surface area contributed by atoms with Crippen molar-refractivity contribution in [2.75, 3.05) is 19.0 Å². The molecular weight excluding hydrogens is 789 g/mol. The van der Waals surface area contributed by atoms with Crippen LogP contribution in [0.2, 0.25) is 0 Å². The van der Waals surface area contributed by atoms with Crippen LogP contribution in [0.3, 0.4) is 0 Å². The van der Waals surface area contributed by atoms with Gasteiger partial charge in [0.15, 0.2) is 12.4 Å². The molecule has 0 aliphatic carbocycles. The van der Waals surface area contributed by atoms with Crippen molar-refractivity contribution in [1.82, 2.24) is 0 Å². The average molecular weight is 873 g/mol. The first-order valence-electron chi connectivity index (χ1n) is 23.5. The van der Waals surface area contributed by atoms with Gasteiger partial charge in [0.05, 0.1) is 6.61 Å². The molecule has 0 bridgehead atoms. The number of aliphatic hydroxyl groups excluding tert-OH is 3. The summed E-state index contributed by atoms with van der Waals surface area (Å²) < 4.78 is 54.0. The standard InChI is InChI=1S/C47H84O12S/c1-3-5-7-9-11-13-15-17-19-20-22-24-26-28-30-32-34-36-43(49)58-40(38-57-47-46(52)45(51)44(50)41(59-47)39-60(53,54)55)37-56-42(48)35-33-31-29-27-25-23-21-18-16-14-12-10-8-6-4-2/h22-25,28,30,40-41,44-47,50-52H,3-21,26-27,29,31-39H2,1-2H3,(H,53,54,55)/b24-22+,25-23+,30-28+/t40-,41-,44-,45?,46?,47+/m1/s1. The maximum absolute atomic E-state index is 12.8. The van der Waals surface area contributed by atoms with E-state index in [9.17, 15) is 37.9 Å². The molecule has 1 saturated heterocycles. The van der Waals surface area contributed by atoms with Crippen LogP contribution in [0.5, 0.6) is 0 Å². The van der Waals surface area contributed by atoms with E-state index < -0.39 is 71.2 Å². The Balaban J connectivity index is 2.47. The number of carbonyl (C=O) groups is 2. The summed E-state index contributed by atoms with van der Waals surface area (Å²) in [5.41, 5.74) is 0. The van der Waals surface area contributed by atoms with Crippen LogP contribution in [-0.2, 0) is 38.7 Å². The number of hydrogen-bond donors (Lipinski definition) is 4. The quantitative estimate of drug-likeness (QED) is 0.0199. The second kappa shape index (κ2) is 37.4. The Morgan fingerprint density at radius 3 is 1.53 bits per heavy atom. The van der Waals surface area contributed by atoms with Gasteiger partial charge in [0, 0.05) is 12.8 Å². The lowest BCUT2D eigenvalue weighted by molar-refractivity contribution is -0.297. The summed E-state index contributed by atoms with van der Waals surface area (Å²) in [5, 5.41) is 30.9. The molecule has 12 nitrogen and oxygen atoms in total. The predicted octanol–water partition coefficient (Wildman–Crippen LogP) is 9.78. The number of ether oxygens (including phenoxy) is 4. The molecule has 0 saturated carbocycles. The van der Waals surface area contributed by atoms with Gasteiger partial charge < -0.3 is 34.3 Å². The van der Waals surface area contributed by atoms with Gasteiger partial charge in [-0.05, 0) is 64.2 Å². The number of hydrogen-bond acceptors (Lipinski definition) is 11. The topological polar surface area (TPSA) is 186 Å². The van der Waals surface area contributed by atoms with Crippen LogP contribution < -0.4 is 0 Å². The first kappa shape index (κ1) is 55.9. The molecule has 0 aromatic rings. The maximum atomic E-state index is 12.8. The van der Waals surface area contributed by atoms with Gasteiger partial charge in [0.2, 0.25) is 0 Å². The minimum absolute atomic E-state index is 0.0979. The van der Waals surface area contributed by atoms with Crippen LogP contribution in [-0.4, -0.2) is 96.0 Å². The van der Waals surface area contributed by atoms with Crippen LogP contribution in [0.25, 0.3) is 0 Å². The number of unbranched alkanes of at least 4 members (excludes halogenated alkanes) is 21. The van der Waals surface area contributed by atoms with Crippen LogP contribution in [0, 0.1) is 0 Å². The summed E-state index contributed by atoms with van der Waals surface area (Å²) in [4.78, 5) is 25.4. The van der Waals surface area contributed by atoms with E-state index in [2.05, 4.69) is 44.2 Å². The molecule has 13 heteroatoms. The molecule has 1 aliphatic rings. The van der Waals surface area contributed by atoms with Crippen LogP contribution in [0.4, 0.5) is 0 Å². The van der Waals surface area contributed by atoms with Gasteiger partial charge in [-0.1, -0.05) is 153 Å². The van der Waals surface area contributed by atoms with E-state index in [0.717, 1.165) is 38.5 Å². The smallest absolute Gasteiger partial charge is 0.306 e. The number of aliphatic hydroxyl groups is 3. The molecule has 1 rings (SSSR count). The fraction of sp³-hybridized carbons (Fsp3) is 0.830. The molecule has 1 aliphatic heterocycles. The van der Waals surface area contributed by atoms with E-state index in [1.807, 2.05) is 6.08 Å². The summed E-state index contributed by atoms with van der Waals surface area (Å²) in [7, 11) is -4.61. The van der Waals surface area contributed by atoms with E-state index in [4.69, 9.17) is 18.9 Å². The van der Waals surface area contributed by atoms with E-state index in [-0.39, 0.29) is 19.4 Å². The molecule has 0 aromatic carbocycles. The summed E-state index contributed by atoms with van der Waals surface area (Å²) in [6.07, 6.45) is 33.4. The number of carbonyl (C=O) groups excluding carboxylic acids is 2. The third kappa shape index (κ3) is 31.7. The zero-order valence-electron chi connectivity index (χ0n) is 37.3. The minimum Gasteiger partial charge on any atom is -0.462 e. The lowest BCUT2D eigenvalue weighted by atomic mass is 10.00. The molecule has 0 radical (unpaired) electrons. The molecule has 4 N–H and O–H groups in total. The first-order chi connectivity index (χ1) is 29.0. The molecule has 0 aromatic heterocycles. The predicted molar refractivity (Wildman–Crippen MR) is 238 cm³/mol. The molecule has 0 amide bonds. The summed E-state index contributed by atoms with van der Waals surface area (Å²) >= 11 is 0. The van der Waals surface area contributed by atoms with Gasteiger partial charge in [0.1, 0.15) is 36.8 Å². The van der Waals surface area contributed by atoms with Gasteiger partial charge in [0.25, 0.3) is 10.1 Å². The number of allylic oxidation sites excluding steroid dienone is 6.